The second-order valence-electron chi connectivity index (χ2n) is 4.22. The summed E-state index contributed by atoms with van der Waals surface area (Å²) in [7, 11) is 2.67. The van der Waals surface area contributed by atoms with E-state index in [2.05, 4.69) is 10.2 Å². The molecule has 0 radical (unpaired) electrons. The lowest BCUT2D eigenvalue weighted by Crippen LogP contribution is -2.31. The summed E-state index contributed by atoms with van der Waals surface area (Å²) in [5.74, 6) is 0.341. The number of methoxy groups -OCH3 is 2. The summed E-state index contributed by atoms with van der Waals surface area (Å²) in [5, 5.41) is 4.89. The molecule has 12 heteroatoms. The molecule has 1 heterocycles. The first-order valence-corrected chi connectivity index (χ1v) is 7.30. The Morgan fingerprint density at radius 2 is 1.88 bits per heavy atom. The molecular formula is C12H10ClF3N4O3S. The summed E-state index contributed by atoms with van der Waals surface area (Å²) in [4.78, 5) is 12.5. The number of anilines is 2. The van der Waals surface area contributed by atoms with Crippen molar-refractivity contribution >= 4 is 39.8 Å². The molecule has 7 nitrogen and oxygen atoms in total. The first-order valence-electron chi connectivity index (χ1n) is 6.10. The first kappa shape index (κ1) is 18.1. The highest BCUT2D eigenvalue weighted by molar-refractivity contribution is 7.15. The van der Waals surface area contributed by atoms with Crippen molar-refractivity contribution in [3.63, 3.8) is 0 Å². The maximum atomic E-state index is 12.7. The summed E-state index contributed by atoms with van der Waals surface area (Å²) in [6.07, 6.45) is -4.69. The number of ether oxygens (including phenoxy) is 2. The van der Waals surface area contributed by atoms with Gasteiger partial charge in [0.1, 0.15) is 11.5 Å². The lowest BCUT2D eigenvalue weighted by atomic mass is 10.2. The van der Waals surface area contributed by atoms with Gasteiger partial charge in [0, 0.05) is 6.07 Å². The molecule has 0 saturated heterocycles. The zero-order chi connectivity index (χ0) is 18.1. The van der Waals surface area contributed by atoms with E-state index in [4.69, 9.17) is 26.8 Å². The Morgan fingerprint density at radius 3 is 2.33 bits per heavy atom. The van der Waals surface area contributed by atoms with Crippen molar-refractivity contribution in [1.82, 2.24) is 10.2 Å². The van der Waals surface area contributed by atoms with Gasteiger partial charge in [-0.15, -0.1) is 10.2 Å². The van der Waals surface area contributed by atoms with Gasteiger partial charge in [-0.2, -0.15) is 13.2 Å². The fraction of sp³-hybridized carbons (Fsp3) is 0.250. The Kier molecular flexibility index (Phi) is 5.04. The highest BCUT2D eigenvalue weighted by atomic mass is 35.5. The van der Waals surface area contributed by atoms with E-state index in [1.807, 2.05) is 0 Å². The molecule has 1 aromatic carbocycles. The van der Waals surface area contributed by atoms with E-state index in [-0.39, 0.29) is 38.7 Å². The summed E-state index contributed by atoms with van der Waals surface area (Å²) in [5.41, 5.74) is 5.28. The third-order valence-corrected chi connectivity index (χ3v) is 4.01. The molecule has 0 aliphatic rings. The van der Waals surface area contributed by atoms with Gasteiger partial charge in [-0.3, -0.25) is 0 Å². The van der Waals surface area contributed by atoms with Crippen LogP contribution >= 0.6 is 22.9 Å². The number of primary amides is 1. The van der Waals surface area contributed by atoms with Crippen LogP contribution in [0, 0.1) is 0 Å². The number of amides is 2. The van der Waals surface area contributed by atoms with E-state index in [1.165, 1.54) is 26.4 Å². The summed E-state index contributed by atoms with van der Waals surface area (Å²) >= 11 is 6.15. The van der Waals surface area contributed by atoms with E-state index in [9.17, 15) is 18.0 Å². The fourth-order valence-electron chi connectivity index (χ4n) is 1.76. The fourth-order valence-corrected chi connectivity index (χ4v) is 2.72. The van der Waals surface area contributed by atoms with E-state index < -0.39 is 17.2 Å². The minimum atomic E-state index is -4.69. The van der Waals surface area contributed by atoms with E-state index in [1.54, 1.807) is 0 Å². The van der Waals surface area contributed by atoms with Crippen LogP contribution in [0.15, 0.2) is 12.1 Å². The smallest absolute Gasteiger partial charge is 0.445 e. The Bertz CT molecular complexity index is 768. The SMILES string of the molecule is COc1cc(OC)c(N(C(N)=O)c2nnc(C(F)(F)F)s2)cc1Cl. The number of carbonyl (C=O) groups excluding carboxylic acids is 1. The van der Waals surface area contributed by atoms with Crippen molar-refractivity contribution in [2.45, 2.75) is 6.18 Å². The van der Waals surface area contributed by atoms with Gasteiger partial charge in [0.15, 0.2) is 0 Å². The Balaban J connectivity index is 2.58. The molecule has 2 aromatic rings. The van der Waals surface area contributed by atoms with Crippen molar-refractivity contribution < 1.29 is 27.4 Å². The van der Waals surface area contributed by atoms with Crippen LogP contribution in [0.4, 0.5) is 28.8 Å². The number of nitrogens with two attached hydrogens (primary N) is 1. The van der Waals surface area contributed by atoms with Gasteiger partial charge in [-0.05, 0) is 6.07 Å². The van der Waals surface area contributed by atoms with Gasteiger partial charge in [0.2, 0.25) is 10.1 Å². The molecule has 1 aromatic heterocycles. The van der Waals surface area contributed by atoms with Gasteiger partial charge in [0.25, 0.3) is 0 Å². The molecule has 0 unspecified atom stereocenters. The minimum absolute atomic E-state index is 0.000625. The number of hydrogen-bond donors (Lipinski definition) is 1. The molecule has 0 aliphatic carbocycles. The molecule has 2 amide bonds. The lowest BCUT2D eigenvalue weighted by molar-refractivity contribution is -0.138. The Labute approximate surface area is 142 Å². The van der Waals surface area contributed by atoms with Crippen LogP contribution in [0.1, 0.15) is 5.01 Å². The normalized spacial score (nSPS) is 11.2. The third kappa shape index (κ3) is 3.46. The number of aromatic nitrogens is 2. The second-order valence-corrected chi connectivity index (χ2v) is 5.58. The Hall–Kier alpha value is -2.27. The van der Waals surface area contributed by atoms with Crippen LogP contribution < -0.4 is 20.1 Å². The standard InChI is InChI=1S/C12H10ClF3N4O3S/c1-22-7-4-8(23-2)6(3-5(7)13)20(10(17)21)11-19-18-9(24-11)12(14,15)16/h3-4H,1-2H3,(H2,17,21). The van der Waals surface area contributed by atoms with Crippen LogP contribution in [0.2, 0.25) is 5.02 Å². The maximum Gasteiger partial charge on any atom is 0.445 e. The van der Waals surface area contributed by atoms with Crippen molar-refractivity contribution in [1.29, 1.82) is 0 Å². The number of urea groups is 1. The maximum absolute atomic E-state index is 12.7. The summed E-state index contributed by atoms with van der Waals surface area (Å²) in [6.45, 7) is 0. The molecule has 2 N–H and O–H groups in total. The number of nitrogens with zero attached hydrogens (tertiary/aromatic N) is 3. The quantitative estimate of drug-likeness (QED) is 0.874. The van der Waals surface area contributed by atoms with Gasteiger partial charge >= 0.3 is 12.2 Å². The van der Waals surface area contributed by atoms with Crippen molar-refractivity contribution in [2.75, 3.05) is 19.1 Å². The van der Waals surface area contributed by atoms with Crippen LogP contribution in [0.5, 0.6) is 11.5 Å². The van der Waals surface area contributed by atoms with E-state index in [0.717, 1.165) is 4.90 Å². The molecule has 0 saturated carbocycles. The predicted octanol–water partition coefficient (Wildman–Crippen LogP) is 3.44. The monoisotopic (exact) mass is 382 g/mol. The number of rotatable bonds is 4. The second kappa shape index (κ2) is 6.69. The number of halogens is 4. The predicted molar refractivity (Wildman–Crippen MR) is 81.2 cm³/mol. The number of carbonyl (C=O) groups is 1. The third-order valence-electron chi connectivity index (χ3n) is 2.76. The van der Waals surface area contributed by atoms with E-state index in [0.29, 0.717) is 0 Å². The molecular weight excluding hydrogens is 373 g/mol. The van der Waals surface area contributed by atoms with Gasteiger partial charge < -0.3 is 15.2 Å². The van der Waals surface area contributed by atoms with Crippen molar-refractivity contribution in [2.24, 2.45) is 5.73 Å². The average Bonchev–Trinajstić information content (AvgIpc) is 2.97. The number of benzene rings is 1. The van der Waals surface area contributed by atoms with Crippen molar-refractivity contribution in [3.05, 3.63) is 22.2 Å². The molecule has 24 heavy (non-hydrogen) atoms. The highest BCUT2D eigenvalue weighted by Gasteiger charge is 2.37. The largest absolute Gasteiger partial charge is 0.495 e. The van der Waals surface area contributed by atoms with Gasteiger partial charge in [0.05, 0.1) is 24.9 Å². The summed E-state index contributed by atoms with van der Waals surface area (Å²) < 4.78 is 48.2. The summed E-state index contributed by atoms with van der Waals surface area (Å²) in [6, 6.07) is 1.54. The van der Waals surface area contributed by atoms with Gasteiger partial charge in [-0.1, -0.05) is 22.9 Å². The molecule has 0 atom stereocenters. The Morgan fingerprint density at radius 1 is 1.25 bits per heavy atom. The average molecular weight is 383 g/mol. The van der Waals surface area contributed by atoms with Crippen molar-refractivity contribution in [3.8, 4) is 11.5 Å². The molecule has 0 fully saturated rings. The van der Waals surface area contributed by atoms with Gasteiger partial charge in [-0.25, -0.2) is 9.69 Å². The number of alkyl halides is 3. The van der Waals surface area contributed by atoms with Crippen LogP contribution in [0.3, 0.4) is 0 Å². The number of hydrogen-bond acceptors (Lipinski definition) is 6. The molecule has 0 bridgehead atoms. The lowest BCUT2D eigenvalue weighted by Gasteiger charge is -2.20. The molecule has 0 spiro atoms. The molecule has 130 valence electrons. The topological polar surface area (TPSA) is 90.6 Å². The zero-order valence-corrected chi connectivity index (χ0v) is 13.8. The zero-order valence-electron chi connectivity index (χ0n) is 12.2. The van der Waals surface area contributed by atoms with E-state index >= 15 is 0 Å². The first-order chi connectivity index (χ1) is 11.2. The highest BCUT2D eigenvalue weighted by Crippen LogP contribution is 2.42. The van der Waals surface area contributed by atoms with Crippen LogP contribution in [-0.4, -0.2) is 30.4 Å². The van der Waals surface area contributed by atoms with Crippen LogP contribution in [0.25, 0.3) is 0 Å². The molecule has 0 aliphatic heterocycles. The molecule has 2 rings (SSSR count). The minimum Gasteiger partial charge on any atom is -0.495 e. The van der Waals surface area contributed by atoms with Crippen LogP contribution in [-0.2, 0) is 6.18 Å².